The third-order valence-corrected chi connectivity index (χ3v) is 4.38. The van der Waals surface area contributed by atoms with Gasteiger partial charge in [-0.1, -0.05) is 36.4 Å². The first-order chi connectivity index (χ1) is 14.1. The van der Waals surface area contributed by atoms with Crippen LogP contribution in [0.2, 0.25) is 0 Å². The molecule has 0 fully saturated rings. The summed E-state index contributed by atoms with van der Waals surface area (Å²) in [5.41, 5.74) is 3.17. The van der Waals surface area contributed by atoms with Crippen molar-refractivity contribution >= 4 is 17.6 Å². The van der Waals surface area contributed by atoms with Crippen molar-refractivity contribution in [1.29, 1.82) is 0 Å². The molecule has 0 bridgehead atoms. The minimum Gasteiger partial charge on any atom is -0.618 e. The number of nitro benzene ring substituents is 1. The van der Waals surface area contributed by atoms with Crippen molar-refractivity contribution in [2.75, 3.05) is 0 Å². The van der Waals surface area contributed by atoms with Crippen molar-refractivity contribution in [2.45, 2.75) is 0 Å². The van der Waals surface area contributed by atoms with Crippen LogP contribution in [0.15, 0.2) is 91.1 Å². The molecule has 0 N–H and O–H groups in total. The van der Waals surface area contributed by atoms with Crippen LogP contribution in [0.3, 0.4) is 0 Å². The van der Waals surface area contributed by atoms with E-state index in [9.17, 15) is 15.3 Å². The molecule has 0 saturated carbocycles. The lowest BCUT2D eigenvalue weighted by atomic mass is 10.1. The quantitative estimate of drug-likeness (QED) is 0.164. The van der Waals surface area contributed by atoms with E-state index in [4.69, 9.17) is 0 Å². The summed E-state index contributed by atoms with van der Waals surface area (Å²) in [6.45, 7) is 0. The minimum atomic E-state index is -0.450. The van der Waals surface area contributed by atoms with Crippen molar-refractivity contribution in [3.8, 4) is 16.9 Å². The van der Waals surface area contributed by atoms with Crippen LogP contribution in [0.5, 0.6) is 0 Å². The molecule has 7 nitrogen and oxygen atoms in total. The molecule has 1 aromatic heterocycles. The second-order valence-electron chi connectivity index (χ2n) is 6.31. The van der Waals surface area contributed by atoms with Crippen molar-refractivity contribution < 1.29 is 9.66 Å². The van der Waals surface area contributed by atoms with Crippen molar-refractivity contribution in [3.63, 3.8) is 0 Å². The molecule has 1 heterocycles. The SMILES string of the molecule is O=[N+]([O-])c1ccc(-c2nn(-c3ccccc3)cc2C=[N+]([O-])c2ccccc2)cc1. The van der Waals surface area contributed by atoms with Crippen LogP contribution in [0, 0.1) is 15.3 Å². The Morgan fingerprint density at radius 2 is 1.41 bits per heavy atom. The standard InChI is InChI=1S/C22H16N4O3/c27-25(20-9-5-2-6-10-20)16-18-15-24(19-7-3-1-4-8-19)23-22(18)17-11-13-21(14-12-17)26(28)29/h1-16H. The number of nitrogens with zero attached hydrogens (tertiary/aromatic N) is 4. The van der Waals surface area contributed by atoms with Gasteiger partial charge in [0.2, 0.25) is 5.69 Å². The molecule has 3 aromatic carbocycles. The van der Waals surface area contributed by atoms with E-state index in [1.54, 1.807) is 47.3 Å². The van der Waals surface area contributed by atoms with E-state index < -0.39 is 4.92 Å². The molecule has 0 aliphatic heterocycles. The van der Waals surface area contributed by atoms with Gasteiger partial charge in [-0.3, -0.25) is 10.1 Å². The highest BCUT2D eigenvalue weighted by Crippen LogP contribution is 2.25. The minimum absolute atomic E-state index is 0.00323. The first kappa shape index (κ1) is 18.1. The predicted octanol–water partition coefficient (Wildman–Crippen LogP) is 4.71. The van der Waals surface area contributed by atoms with Gasteiger partial charge >= 0.3 is 0 Å². The molecule has 0 aliphatic carbocycles. The number of hydrogen-bond acceptors (Lipinski definition) is 4. The van der Waals surface area contributed by atoms with Crippen molar-refractivity contribution in [3.05, 3.63) is 112 Å². The molecule has 0 atom stereocenters. The Hall–Kier alpha value is -4.26. The Balaban J connectivity index is 1.82. The van der Waals surface area contributed by atoms with Crippen LogP contribution >= 0.6 is 0 Å². The molecule has 4 aromatic rings. The molecule has 4 rings (SSSR count). The summed E-state index contributed by atoms with van der Waals surface area (Å²) in [6.07, 6.45) is 3.22. The number of non-ortho nitro benzene ring substituents is 1. The Labute approximate surface area is 166 Å². The van der Waals surface area contributed by atoms with E-state index in [1.165, 1.54) is 18.3 Å². The van der Waals surface area contributed by atoms with Gasteiger partial charge in [-0.25, -0.2) is 4.68 Å². The summed E-state index contributed by atoms with van der Waals surface area (Å²) in [5.74, 6) is 0. The lowest BCUT2D eigenvalue weighted by Gasteiger charge is -2.02. The predicted molar refractivity (Wildman–Crippen MR) is 111 cm³/mol. The Kier molecular flexibility index (Phi) is 4.86. The summed E-state index contributed by atoms with van der Waals surface area (Å²) in [6, 6.07) is 24.5. The van der Waals surface area contributed by atoms with E-state index in [-0.39, 0.29) is 5.69 Å². The lowest BCUT2D eigenvalue weighted by molar-refractivity contribution is -0.384. The topological polar surface area (TPSA) is 87.0 Å². The van der Waals surface area contributed by atoms with Gasteiger partial charge in [-0.15, -0.1) is 0 Å². The molecule has 0 saturated heterocycles. The fraction of sp³-hybridized carbons (Fsp3) is 0. The van der Waals surface area contributed by atoms with Crippen LogP contribution in [0.25, 0.3) is 16.9 Å². The van der Waals surface area contributed by atoms with Gasteiger partial charge in [0.1, 0.15) is 5.69 Å². The maximum absolute atomic E-state index is 12.6. The second-order valence-corrected chi connectivity index (χ2v) is 6.31. The lowest BCUT2D eigenvalue weighted by Crippen LogP contribution is -1.99. The molecule has 0 aliphatic rings. The first-order valence-corrected chi connectivity index (χ1v) is 8.88. The number of benzene rings is 3. The molecule has 0 spiro atoms. The van der Waals surface area contributed by atoms with E-state index in [0.29, 0.717) is 22.5 Å². The molecule has 29 heavy (non-hydrogen) atoms. The van der Waals surface area contributed by atoms with E-state index in [1.807, 2.05) is 36.4 Å². The zero-order valence-electron chi connectivity index (χ0n) is 15.3. The van der Waals surface area contributed by atoms with Crippen LogP contribution < -0.4 is 0 Å². The van der Waals surface area contributed by atoms with E-state index >= 15 is 0 Å². The summed E-state index contributed by atoms with van der Waals surface area (Å²) < 4.78 is 2.46. The molecule has 7 heteroatoms. The van der Waals surface area contributed by atoms with Crippen LogP contribution in [-0.4, -0.2) is 25.7 Å². The van der Waals surface area contributed by atoms with Crippen molar-refractivity contribution in [1.82, 2.24) is 9.78 Å². The van der Waals surface area contributed by atoms with Gasteiger partial charge in [-0.05, 0) is 24.3 Å². The fourth-order valence-electron chi connectivity index (χ4n) is 2.94. The summed E-state index contributed by atoms with van der Waals surface area (Å²) in [7, 11) is 0. The van der Waals surface area contributed by atoms with Gasteiger partial charge in [0, 0.05) is 36.0 Å². The zero-order chi connectivity index (χ0) is 20.2. The van der Waals surface area contributed by atoms with Gasteiger partial charge in [-0.2, -0.15) is 9.84 Å². The summed E-state index contributed by atoms with van der Waals surface area (Å²) in [4.78, 5) is 10.5. The molecule has 0 amide bonds. The van der Waals surface area contributed by atoms with Crippen molar-refractivity contribution in [2.24, 2.45) is 0 Å². The van der Waals surface area contributed by atoms with Crippen LogP contribution in [0.4, 0.5) is 11.4 Å². The third kappa shape index (κ3) is 3.89. The Morgan fingerprint density at radius 3 is 2.03 bits per heavy atom. The summed E-state index contributed by atoms with van der Waals surface area (Å²) >= 11 is 0. The third-order valence-electron chi connectivity index (χ3n) is 4.38. The Morgan fingerprint density at radius 1 is 0.793 bits per heavy atom. The Bertz CT molecular complexity index is 1170. The first-order valence-electron chi connectivity index (χ1n) is 8.88. The maximum atomic E-state index is 12.6. The van der Waals surface area contributed by atoms with Gasteiger partial charge in [0.05, 0.1) is 16.2 Å². The van der Waals surface area contributed by atoms with Crippen LogP contribution in [0.1, 0.15) is 5.56 Å². The van der Waals surface area contributed by atoms with E-state index in [2.05, 4.69) is 5.10 Å². The number of nitro groups is 1. The van der Waals surface area contributed by atoms with Gasteiger partial charge in [0.15, 0.2) is 6.21 Å². The normalized spacial score (nSPS) is 11.4. The molecular formula is C22H16N4O3. The second kappa shape index (κ2) is 7.77. The molecule has 142 valence electrons. The highest BCUT2D eigenvalue weighted by Gasteiger charge is 2.15. The maximum Gasteiger partial charge on any atom is 0.269 e. The highest BCUT2D eigenvalue weighted by atomic mass is 16.6. The smallest absolute Gasteiger partial charge is 0.269 e. The number of rotatable bonds is 5. The average molecular weight is 384 g/mol. The van der Waals surface area contributed by atoms with Gasteiger partial charge < -0.3 is 5.21 Å². The van der Waals surface area contributed by atoms with E-state index in [0.717, 1.165) is 10.4 Å². The highest BCUT2D eigenvalue weighted by molar-refractivity contribution is 5.87. The average Bonchev–Trinajstić information content (AvgIpc) is 3.19. The van der Waals surface area contributed by atoms with Crippen LogP contribution in [-0.2, 0) is 0 Å². The molecular weight excluding hydrogens is 368 g/mol. The summed E-state index contributed by atoms with van der Waals surface area (Å²) in [5, 5.41) is 28.2. The number of hydrogen-bond donors (Lipinski definition) is 0. The fourth-order valence-corrected chi connectivity index (χ4v) is 2.94. The number of aromatic nitrogens is 2. The van der Waals surface area contributed by atoms with Gasteiger partial charge in [0.25, 0.3) is 5.69 Å². The molecule has 0 radical (unpaired) electrons. The molecule has 0 unspecified atom stereocenters. The zero-order valence-corrected chi connectivity index (χ0v) is 15.3. The number of para-hydroxylation sites is 2. The largest absolute Gasteiger partial charge is 0.618 e. The monoisotopic (exact) mass is 384 g/mol.